The van der Waals surface area contributed by atoms with E-state index in [0.29, 0.717) is 35.8 Å². The van der Waals surface area contributed by atoms with Gasteiger partial charge in [-0.25, -0.2) is 4.79 Å². The molecule has 2 aliphatic carbocycles. The predicted molar refractivity (Wildman–Crippen MR) is 241 cm³/mol. The van der Waals surface area contributed by atoms with Crippen LogP contribution < -0.4 is 14.2 Å². The standard InChI is InChI=1S/C49H55N3O10S/c1-4-28-58-49-45(51(2)48(55)61-37-18-16-35(17-19-37)52(56)57)31-43(50-59-32-33-12-6-5-7-13-33)41-29-34(14-8-10-26-53)40(15-9-11-27-54)46(47(41)49)42-30-38(22-25-44(42)62-49)60-36-20-23-39(63-3)24-21-36/h4-7,12-13,16-25,29-30,34,40,45-47,53-54H,1,8-11,14-15,26-28,31-32H2,2-3H3/t34-,40+,45-,46+,47+,49+/m0/s1. The van der Waals surface area contributed by atoms with E-state index in [9.17, 15) is 25.1 Å². The highest BCUT2D eigenvalue weighted by atomic mass is 32.2. The molecule has 1 amide bonds. The lowest BCUT2D eigenvalue weighted by Gasteiger charge is -2.59. The number of allylic oxidation sites excluding steroid dienone is 1. The zero-order valence-corrected chi connectivity index (χ0v) is 36.5. The molecule has 1 aliphatic heterocycles. The van der Waals surface area contributed by atoms with Gasteiger partial charge >= 0.3 is 6.09 Å². The number of hydrogen-bond donors (Lipinski definition) is 2. The number of amides is 1. The highest BCUT2D eigenvalue weighted by Crippen LogP contribution is 2.62. The molecule has 13 nitrogen and oxygen atoms in total. The molecule has 4 aromatic rings. The van der Waals surface area contributed by atoms with Crippen molar-refractivity contribution in [1.29, 1.82) is 0 Å². The third kappa shape index (κ3) is 10.3. The van der Waals surface area contributed by atoms with Crippen LogP contribution in [0.15, 0.2) is 131 Å². The molecule has 0 saturated heterocycles. The van der Waals surface area contributed by atoms with Crippen LogP contribution >= 0.6 is 11.8 Å². The Kier molecular flexibility index (Phi) is 15.2. The number of carbonyl (C=O) groups is 1. The summed E-state index contributed by atoms with van der Waals surface area (Å²) < 4.78 is 26.6. The number of fused-ring (bicyclic) bond motifs is 2. The molecule has 1 fully saturated rings. The van der Waals surface area contributed by atoms with Gasteiger partial charge in [0.1, 0.15) is 35.6 Å². The zero-order chi connectivity index (χ0) is 44.3. The summed E-state index contributed by atoms with van der Waals surface area (Å²) in [6.07, 6.45) is 9.82. The molecule has 3 aliphatic rings. The van der Waals surface area contributed by atoms with Gasteiger partial charge in [-0.1, -0.05) is 60.5 Å². The second-order valence-corrected chi connectivity index (χ2v) is 16.9. The van der Waals surface area contributed by atoms with Crippen molar-refractivity contribution in [2.45, 2.75) is 74.2 Å². The van der Waals surface area contributed by atoms with Crippen LogP contribution in [0.3, 0.4) is 0 Å². The van der Waals surface area contributed by atoms with Crippen LogP contribution in [0.5, 0.6) is 23.0 Å². The Hall–Kier alpha value is -5.67. The first-order valence-corrected chi connectivity index (χ1v) is 22.7. The number of rotatable bonds is 20. The number of nitro benzene ring substituents is 1. The molecular weight excluding hydrogens is 823 g/mol. The van der Waals surface area contributed by atoms with Crippen molar-refractivity contribution in [1.82, 2.24) is 4.90 Å². The Morgan fingerprint density at radius 2 is 1.67 bits per heavy atom. The number of ether oxygens (including phenoxy) is 4. The summed E-state index contributed by atoms with van der Waals surface area (Å²) in [6, 6.07) is 28.0. The minimum atomic E-state index is -1.50. The van der Waals surface area contributed by atoms with Gasteiger partial charge in [-0.3, -0.25) is 10.1 Å². The van der Waals surface area contributed by atoms with E-state index in [-0.39, 0.29) is 62.0 Å². The van der Waals surface area contributed by atoms with Crippen molar-refractivity contribution in [3.05, 3.63) is 143 Å². The van der Waals surface area contributed by atoms with E-state index in [4.69, 9.17) is 28.9 Å². The average molecular weight is 878 g/mol. The van der Waals surface area contributed by atoms with Crippen LogP contribution in [0, 0.1) is 27.9 Å². The molecule has 1 saturated carbocycles. The van der Waals surface area contributed by atoms with Crippen molar-refractivity contribution in [3.63, 3.8) is 0 Å². The summed E-state index contributed by atoms with van der Waals surface area (Å²) in [6.45, 7) is 4.44. The van der Waals surface area contributed by atoms with Crippen LogP contribution in [0.25, 0.3) is 0 Å². The predicted octanol–water partition coefficient (Wildman–Crippen LogP) is 10.1. The molecule has 14 heteroatoms. The molecule has 1 heterocycles. The molecule has 0 unspecified atom stereocenters. The van der Waals surface area contributed by atoms with E-state index >= 15 is 0 Å². The van der Waals surface area contributed by atoms with Gasteiger partial charge < -0.3 is 38.9 Å². The third-order valence-corrected chi connectivity index (χ3v) is 12.9. The van der Waals surface area contributed by atoms with Crippen molar-refractivity contribution >= 4 is 29.3 Å². The summed E-state index contributed by atoms with van der Waals surface area (Å²) >= 11 is 1.65. The molecule has 7 rings (SSSR count). The fourth-order valence-electron chi connectivity index (χ4n) is 9.27. The molecule has 0 radical (unpaired) electrons. The maximum atomic E-state index is 14.3. The van der Waals surface area contributed by atoms with Gasteiger partial charge in [0.2, 0.25) is 5.79 Å². The topological polar surface area (TPSA) is 162 Å². The fraction of sp³-hybridized carbons (Fsp3) is 0.388. The Labute approximate surface area is 372 Å². The number of benzene rings is 4. The van der Waals surface area contributed by atoms with Gasteiger partial charge in [0.15, 0.2) is 0 Å². The highest BCUT2D eigenvalue weighted by molar-refractivity contribution is 7.98. The smallest absolute Gasteiger partial charge is 0.415 e. The number of hydrogen-bond acceptors (Lipinski definition) is 12. The minimum absolute atomic E-state index is 0.0112. The van der Waals surface area contributed by atoms with E-state index in [0.717, 1.165) is 47.3 Å². The van der Waals surface area contributed by atoms with E-state index < -0.39 is 28.8 Å². The lowest BCUT2D eigenvalue weighted by Crippen LogP contribution is -2.69. The summed E-state index contributed by atoms with van der Waals surface area (Å²) in [5, 5.41) is 36.1. The Morgan fingerprint density at radius 3 is 2.35 bits per heavy atom. The van der Waals surface area contributed by atoms with E-state index in [1.807, 2.05) is 79.1 Å². The summed E-state index contributed by atoms with van der Waals surface area (Å²) in [5.74, 6) is -0.221. The molecule has 0 bridgehead atoms. The number of nitro groups is 1. The van der Waals surface area contributed by atoms with Crippen LogP contribution in [-0.2, 0) is 16.2 Å². The van der Waals surface area contributed by atoms with E-state index in [2.05, 4.69) is 12.7 Å². The lowest BCUT2D eigenvalue weighted by atomic mass is 9.55. The van der Waals surface area contributed by atoms with Crippen LogP contribution in [0.2, 0.25) is 0 Å². The summed E-state index contributed by atoms with van der Waals surface area (Å²) in [5.41, 5.74) is 3.25. The maximum absolute atomic E-state index is 14.3. The van der Waals surface area contributed by atoms with Gasteiger partial charge in [-0.2, -0.15) is 0 Å². The molecule has 0 spiro atoms. The monoisotopic (exact) mass is 877 g/mol. The van der Waals surface area contributed by atoms with Gasteiger partial charge in [0, 0.05) is 55.2 Å². The first-order chi connectivity index (χ1) is 30.7. The molecule has 2 N–H and O–H groups in total. The average Bonchev–Trinajstić information content (AvgIpc) is 3.30. The quantitative estimate of drug-likeness (QED) is 0.0286. The van der Waals surface area contributed by atoms with Gasteiger partial charge in [-0.15, -0.1) is 18.3 Å². The van der Waals surface area contributed by atoms with Crippen LogP contribution in [0.4, 0.5) is 10.5 Å². The number of unbranched alkanes of at least 4 members (excludes halogenated alkanes) is 2. The van der Waals surface area contributed by atoms with Crippen molar-refractivity contribution in [2.75, 3.05) is 33.1 Å². The maximum Gasteiger partial charge on any atom is 0.415 e. The number of carbonyl (C=O) groups excluding carboxylic acids is 1. The second-order valence-electron chi connectivity index (χ2n) is 16.0. The first-order valence-electron chi connectivity index (χ1n) is 21.4. The molecule has 0 aromatic heterocycles. The van der Waals surface area contributed by atoms with Gasteiger partial charge in [-0.05, 0) is 110 Å². The Bertz CT molecular complexity index is 2250. The lowest BCUT2D eigenvalue weighted by molar-refractivity contribution is -0.384. The first kappa shape index (κ1) is 45.4. The van der Waals surface area contributed by atoms with Crippen molar-refractivity contribution < 1.29 is 43.7 Å². The van der Waals surface area contributed by atoms with Gasteiger partial charge in [0.25, 0.3) is 5.69 Å². The normalized spacial score (nSPS) is 22.8. The summed E-state index contributed by atoms with van der Waals surface area (Å²) in [7, 11) is 1.63. The van der Waals surface area contributed by atoms with Crippen LogP contribution in [0.1, 0.15) is 62.0 Å². The van der Waals surface area contributed by atoms with Crippen molar-refractivity contribution in [2.24, 2.45) is 22.9 Å². The zero-order valence-electron chi connectivity index (χ0n) is 35.7. The number of nitrogens with zero attached hydrogens (tertiary/aromatic N) is 3. The number of thioether (sulfide) groups is 1. The fourth-order valence-corrected chi connectivity index (χ4v) is 9.67. The molecule has 4 aromatic carbocycles. The largest absolute Gasteiger partial charge is 0.459 e. The van der Waals surface area contributed by atoms with E-state index in [1.54, 1.807) is 24.9 Å². The molecule has 6 atom stereocenters. The minimum Gasteiger partial charge on any atom is -0.459 e. The summed E-state index contributed by atoms with van der Waals surface area (Å²) in [4.78, 5) is 33.9. The third-order valence-electron chi connectivity index (χ3n) is 12.2. The van der Waals surface area contributed by atoms with Gasteiger partial charge in [0.05, 0.1) is 23.2 Å². The van der Waals surface area contributed by atoms with Crippen molar-refractivity contribution in [3.8, 4) is 23.0 Å². The highest BCUT2D eigenvalue weighted by Gasteiger charge is 2.65. The van der Waals surface area contributed by atoms with E-state index in [1.165, 1.54) is 29.2 Å². The Balaban J connectivity index is 1.38. The number of aliphatic hydroxyl groups is 2. The van der Waals surface area contributed by atoms with Crippen LogP contribution in [-0.4, -0.2) is 76.8 Å². The number of aliphatic hydroxyl groups excluding tert-OH is 2. The SMILES string of the molecule is C=CCO[C@@]12Oc3ccc(Oc4ccc(SC)cc4)cc3[C@H]3[C@H](CCCCO)[C@@H](CCCCO)C=C(C(=NOCc4ccccc4)C[C@@H]1N(C)C(=O)Oc1ccc([N+](=O)[O-])cc1)[C@H]32. The number of oxime groups is 1. The number of likely N-dealkylation sites (N-methyl/N-ethyl adjacent to an activating group) is 1. The Morgan fingerprint density at radius 1 is 0.968 bits per heavy atom. The molecule has 332 valence electrons. The second kappa shape index (κ2) is 21.1. The molecular formula is C49H55N3O10S. The number of non-ortho nitro benzene ring substituents is 1. The molecule has 63 heavy (non-hydrogen) atoms.